The van der Waals surface area contributed by atoms with Crippen LogP contribution in [-0.2, 0) is 9.47 Å². The topological polar surface area (TPSA) is 69.7 Å². The third-order valence-electron chi connectivity index (χ3n) is 3.47. The van der Waals surface area contributed by atoms with Gasteiger partial charge in [-0.3, -0.25) is 9.59 Å². The SMILES string of the molecule is COCOC(=O)c1ccc2c(c1)C(=O)c1ccccc1C2=O. The highest BCUT2D eigenvalue weighted by atomic mass is 16.7. The van der Waals surface area contributed by atoms with Crippen molar-refractivity contribution >= 4 is 17.5 Å². The summed E-state index contributed by atoms with van der Waals surface area (Å²) in [5, 5.41) is 0. The molecule has 0 aromatic heterocycles. The third-order valence-corrected chi connectivity index (χ3v) is 3.47. The maximum atomic E-state index is 12.5. The van der Waals surface area contributed by atoms with Crippen LogP contribution in [0.4, 0.5) is 0 Å². The van der Waals surface area contributed by atoms with Crippen LogP contribution >= 0.6 is 0 Å². The van der Waals surface area contributed by atoms with Gasteiger partial charge >= 0.3 is 5.97 Å². The lowest BCUT2D eigenvalue weighted by molar-refractivity contribution is -0.0125. The molecule has 0 heterocycles. The first-order valence-corrected chi connectivity index (χ1v) is 6.62. The van der Waals surface area contributed by atoms with E-state index in [0.29, 0.717) is 16.7 Å². The Morgan fingerprint density at radius 3 is 2.14 bits per heavy atom. The van der Waals surface area contributed by atoms with Gasteiger partial charge in [-0.1, -0.05) is 24.3 Å². The van der Waals surface area contributed by atoms with Crippen molar-refractivity contribution in [2.75, 3.05) is 13.9 Å². The summed E-state index contributed by atoms with van der Waals surface area (Å²) in [7, 11) is 1.40. The predicted molar refractivity (Wildman–Crippen MR) is 77.0 cm³/mol. The van der Waals surface area contributed by atoms with Crippen molar-refractivity contribution in [2.24, 2.45) is 0 Å². The van der Waals surface area contributed by atoms with Crippen molar-refractivity contribution in [3.63, 3.8) is 0 Å². The fraction of sp³-hybridized carbons (Fsp3) is 0.118. The highest BCUT2D eigenvalue weighted by molar-refractivity contribution is 6.28. The van der Waals surface area contributed by atoms with Gasteiger partial charge in [0.2, 0.25) is 0 Å². The lowest BCUT2D eigenvalue weighted by atomic mass is 9.83. The van der Waals surface area contributed by atoms with E-state index in [4.69, 9.17) is 4.74 Å². The molecule has 0 aliphatic heterocycles. The maximum absolute atomic E-state index is 12.5. The molecule has 22 heavy (non-hydrogen) atoms. The number of fused-ring (bicyclic) bond motifs is 2. The molecule has 0 spiro atoms. The second-order valence-electron chi connectivity index (χ2n) is 4.80. The maximum Gasteiger partial charge on any atom is 0.340 e. The largest absolute Gasteiger partial charge is 0.435 e. The molecule has 1 aliphatic carbocycles. The van der Waals surface area contributed by atoms with E-state index in [1.807, 2.05) is 0 Å². The molecule has 0 radical (unpaired) electrons. The minimum atomic E-state index is -0.608. The average Bonchev–Trinajstić information content (AvgIpc) is 2.57. The zero-order chi connectivity index (χ0) is 15.7. The van der Waals surface area contributed by atoms with E-state index in [2.05, 4.69) is 4.74 Å². The molecule has 2 aromatic carbocycles. The monoisotopic (exact) mass is 296 g/mol. The number of carbonyl (C=O) groups excluding carboxylic acids is 3. The second-order valence-corrected chi connectivity index (χ2v) is 4.80. The van der Waals surface area contributed by atoms with Gasteiger partial charge in [-0.25, -0.2) is 4.79 Å². The van der Waals surface area contributed by atoms with E-state index in [-0.39, 0.29) is 29.5 Å². The highest BCUT2D eigenvalue weighted by Crippen LogP contribution is 2.27. The van der Waals surface area contributed by atoms with Gasteiger partial charge in [0.25, 0.3) is 0 Å². The molecule has 3 rings (SSSR count). The van der Waals surface area contributed by atoms with E-state index in [1.54, 1.807) is 24.3 Å². The van der Waals surface area contributed by atoms with E-state index >= 15 is 0 Å². The average molecular weight is 296 g/mol. The summed E-state index contributed by atoms with van der Waals surface area (Å²) < 4.78 is 9.51. The van der Waals surface area contributed by atoms with E-state index in [0.717, 1.165) is 0 Å². The Morgan fingerprint density at radius 2 is 1.50 bits per heavy atom. The fourth-order valence-corrected chi connectivity index (χ4v) is 2.42. The van der Waals surface area contributed by atoms with Gasteiger partial charge in [0.1, 0.15) is 0 Å². The van der Waals surface area contributed by atoms with E-state index in [9.17, 15) is 14.4 Å². The summed E-state index contributed by atoms with van der Waals surface area (Å²) in [5.74, 6) is -1.10. The highest BCUT2D eigenvalue weighted by Gasteiger charge is 2.30. The Balaban J connectivity index is 2.04. The van der Waals surface area contributed by atoms with Crippen LogP contribution in [0.5, 0.6) is 0 Å². The number of methoxy groups -OCH3 is 1. The molecule has 0 N–H and O–H groups in total. The van der Waals surface area contributed by atoms with Crippen LogP contribution in [0.2, 0.25) is 0 Å². The Labute approximate surface area is 126 Å². The lowest BCUT2D eigenvalue weighted by Gasteiger charge is -2.17. The van der Waals surface area contributed by atoms with Gasteiger partial charge in [0.15, 0.2) is 18.4 Å². The summed E-state index contributed by atoms with van der Waals surface area (Å²) in [6.07, 6.45) is 0. The van der Waals surface area contributed by atoms with Crippen LogP contribution in [0.25, 0.3) is 0 Å². The quantitative estimate of drug-likeness (QED) is 0.547. The Hall–Kier alpha value is -2.79. The standard InChI is InChI=1S/C17H12O5/c1-21-9-22-17(20)10-6-7-13-14(8-10)16(19)12-5-3-2-4-11(12)15(13)18/h2-8H,9H2,1H3. The smallest absolute Gasteiger partial charge is 0.340 e. The molecule has 0 atom stereocenters. The normalized spacial score (nSPS) is 12.6. The van der Waals surface area contributed by atoms with Gasteiger partial charge in [0.05, 0.1) is 5.56 Å². The van der Waals surface area contributed by atoms with Crippen molar-refractivity contribution in [3.8, 4) is 0 Å². The molecule has 0 fully saturated rings. The van der Waals surface area contributed by atoms with Gasteiger partial charge in [0, 0.05) is 29.4 Å². The van der Waals surface area contributed by atoms with Crippen LogP contribution in [0.3, 0.4) is 0 Å². The molecule has 2 aromatic rings. The summed E-state index contributed by atoms with van der Waals surface area (Å²) in [6.45, 7) is -0.175. The summed E-state index contributed by atoms with van der Waals surface area (Å²) in [5.41, 5.74) is 1.45. The van der Waals surface area contributed by atoms with Gasteiger partial charge in [-0.2, -0.15) is 0 Å². The summed E-state index contributed by atoms with van der Waals surface area (Å²) in [6, 6.07) is 11.0. The van der Waals surface area contributed by atoms with Gasteiger partial charge in [-0.05, 0) is 18.2 Å². The van der Waals surface area contributed by atoms with Crippen LogP contribution < -0.4 is 0 Å². The third kappa shape index (κ3) is 2.21. The van der Waals surface area contributed by atoms with Crippen LogP contribution in [0.1, 0.15) is 42.2 Å². The van der Waals surface area contributed by atoms with Crippen molar-refractivity contribution in [2.45, 2.75) is 0 Å². The zero-order valence-corrected chi connectivity index (χ0v) is 11.8. The molecule has 0 unspecified atom stereocenters. The van der Waals surface area contributed by atoms with Crippen LogP contribution in [0, 0.1) is 0 Å². The van der Waals surface area contributed by atoms with Crippen molar-refractivity contribution in [1.82, 2.24) is 0 Å². The molecule has 110 valence electrons. The van der Waals surface area contributed by atoms with Crippen molar-refractivity contribution < 1.29 is 23.9 Å². The summed E-state index contributed by atoms with van der Waals surface area (Å²) in [4.78, 5) is 36.8. The Kier molecular flexibility index (Phi) is 3.56. The molecule has 0 saturated carbocycles. The van der Waals surface area contributed by atoms with Crippen molar-refractivity contribution in [1.29, 1.82) is 0 Å². The van der Waals surface area contributed by atoms with E-state index < -0.39 is 5.97 Å². The van der Waals surface area contributed by atoms with Gasteiger partial charge in [-0.15, -0.1) is 0 Å². The number of carbonyl (C=O) groups is 3. The molecular formula is C17H12O5. The van der Waals surface area contributed by atoms with Crippen molar-refractivity contribution in [3.05, 3.63) is 70.3 Å². The van der Waals surface area contributed by atoms with Gasteiger partial charge < -0.3 is 9.47 Å². The minimum Gasteiger partial charge on any atom is -0.435 e. The lowest BCUT2D eigenvalue weighted by Crippen LogP contribution is -2.21. The summed E-state index contributed by atoms with van der Waals surface area (Å²) >= 11 is 0. The number of esters is 1. The number of hydrogen-bond donors (Lipinski definition) is 0. The first kappa shape index (κ1) is 14.2. The number of benzene rings is 2. The first-order chi connectivity index (χ1) is 10.6. The molecular weight excluding hydrogens is 284 g/mol. The number of hydrogen-bond acceptors (Lipinski definition) is 5. The number of ketones is 2. The molecule has 0 saturated heterocycles. The minimum absolute atomic E-state index is 0.175. The molecule has 0 amide bonds. The predicted octanol–water partition coefficient (Wildman–Crippen LogP) is 2.22. The fourth-order valence-electron chi connectivity index (χ4n) is 2.42. The second kappa shape index (κ2) is 5.54. The van der Waals surface area contributed by atoms with E-state index in [1.165, 1.54) is 25.3 Å². The Morgan fingerprint density at radius 1 is 0.909 bits per heavy atom. The number of rotatable bonds is 3. The molecule has 0 bridgehead atoms. The molecule has 1 aliphatic rings. The molecule has 5 nitrogen and oxygen atoms in total. The first-order valence-electron chi connectivity index (χ1n) is 6.62. The number of ether oxygens (including phenoxy) is 2. The zero-order valence-electron chi connectivity index (χ0n) is 11.8. The van der Waals surface area contributed by atoms with Crippen LogP contribution in [-0.4, -0.2) is 31.4 Å². The Bertz CT molecular complexity index is 791. The molecule has 5 heteroatoms. The van der Waals surface area contributed by atoms with Crippen LogP contribution in [0.15, 0.2) is 42.5 Å².